The minimum atomic E-state index is -0.997. The molecule has 1 aromatic heterocycles. The summed E-state index contributed by atoms with van der Waals surface area (Å²) in [6, 6.07) is 4.75. The van der Waals surface area contributed by atoms with Gasteiger partial charge in [-0.2, -0.15) is 0 Å². The molecule has 1 aromatic carbocycles. The van der Waals surface area contributed by atoms with Gasteiger partial charge in [-0.1, -0.05) is 6.07 Å². The van der Waals surface area contributed by atoms with Gasteiger partial charge in [0.15, 0.2) is 0 Å². The van der Waals surface area contributed by atoms with Crippen LogP contribution in [0.15, 0.2) is 24.4 Å². The number of carboxylic acid groups (broad SMARTS) is 1. The van der Waals surface area contributed by atoms with Crippen LogP contribution >= 0.6 is 0 Å². The van der Waals surface area contributed by atoms with Crippen LogP contribution in [0.3, 0.4) is 0 Å². The number of nitrogens with zero attached hydrogens (tertiary/aromatic N) is 2. The summed E-state index contributed by atoms with van der Waals surface area (Å²) in [4.78, 5) is 27.7. The molecule has 0 saturated heterocycles. The van der Waals surface area contributed by atoms with Gasteiger partial charge in [0.2, 0.25) is 0 Å². The Morgan fingerprint density at radius 1 is 1.36 bits per heavy atom. The maximum atomic E-state index is 12.4. The normalized spacial score (nSPS) is 13.2. The number of carbonyl (C=O) groups excluding carboxylic acids is 1. The highest BCUT2D eigenvalue weighted by molar-refractivity contribution is 5.92. The molecule has 1 amide bonds. The standard InChI is InChI=1S/C18H21N3O4/c1-25-15-10-13(18(23)24)6-5-12(15)7-8-19-17(22)14-11-20-16-4-2-3-9-21(14)16/h5-6,10-11H,2-4,7-9H2,1H3,(H,19,22)(H,23,24). The number of hydrogen-bond acceptors (Lipinski definition) is 4. The number of fused-ring (bicyclic) bond motifs is 1. The second-order valence-corrected chi connectivity index (χ2v) is 6.01. The number of aromatic carboxylic acids is 1. The third kappa shape index (κ3) is 3.65. The van der Waals surface area contributed by atoms with E-state index >= 15 is 0 Å². The number of aromatic nitrogens is 2. The summed E-state index contributed by atoms with van der Waals surface area (Å²) in [5.74, 6) is 0.351. The van der Waals surface area contributed by atoms with Crippen molar-refractivity contribution in [2.45, 2.75) is 32.2 Å². The number of rotatable bonds is 6. The van der Waals surface area contributed by atoms with E-state index in [4.69, 9.17) is 9.84 Å². The Kier molecular flexibility index (Phi) is 5.02. The molecule has 2 N–H and O–H groups in total. The molecule has 7 nitrogen and oxygen atoms in total. The van der Waals surface area contributed by atoms with Crippen LogP contribution in [0.4, 0.5) is 0 Å². The fraction of sp³-hybridized carbons (Fsp3) is 0.389. The summed E-state index contributed by atoms with van der Waals surface area (Å²) in [6.45, 7) is 1.27. The highest BCUT2D eigenvalue weighted by Crippen LogP contribution is 2.21. The van der Waals surface area contributed by atoms with Crippen LogP contribution in [0.2, 0.25) is 0 Å². The highest BCUT2D eigenvalue weighted by atomic mass is 16.5. The summed E-state index contributed by atoms with van der Waals surface area (Å²) < 4.78 is 7.24. The first-order valence-electron chi connectivity index (χ1n) is 8.33. The summed E-state index contributed by atoms with van der Waals surface area (Å²) in [7, 11) is 1.50. The van der Waals surface area contributed by atoms with Crippen molar-refractivity contribution in [2.24, 2.45) is 0 Å². The van der Waals surface area contributed by atoms with Crippen molar-refractivity contribution >= 4 is 11.9 Å². The first-order chi connectivity index (χ1) is 12.1. The van der Waals surface area contributed by atoms with Crippen molar-refractivity contribution < 1.29 is 19.4 Å². The Morgan fingerprint density at radius 3 is 2.96 bits per heavy atom. The quantitative estimate of drug-likeness (QED) is 0.835. The lowest BCUT2D eigenvalue weighted by molar-refractivity contribution is 0.0696. The number of ether oxygens (including phenoxy) is 1. The number of methoxy groups -OCH3 is 1. The Morgan fingerprint density at radius 2 is 2.20 bits per heavy atom. The van der Waals surface area contributed by atoms with Crippen LogP contribution in [0.5, 0.6) is 5.75 Å². The van der Waals surface area contributed by atoms with E-state index in [1.165, 1.54) is 19.2 Å². The fourth-order valence-electron chi connectivity index (χ4n) is 3.08. The van der Waals surface area contributed by atoms with Gasteiger partial charge in [-0.3, -0.25) is 4.79 Å². The summed E-state index contributed by atoms with van der Waals surface area (Å²) in [5.41, 5.74) is 1.63. The number of amides is 1. The predicted octanol–water partition coefficient (Wildman–Crippen LogP) is 1.90. The maximum Gasteiger partial charge on any atom is 0.335 e. The van der Waals surface area contributed by atoms with Crippen molar-refractivity contribution in [1.29, 1.82) is 0 Å². The molecule has 0 radical (unpaired) electrons. The predicted molar refractivity (Wildman–Crippen MR) is 91.2 cm³/mol. The third-order valence-electron chi connectivity index (χ3n) is 4.42. The molecule has 2 heterocycles. The molecule has 132 valence electrons. The molecule has 0 aliphatic carbocycles. The van der Waals surface area contributed by atoms with E-state index in [9.17, 15) is 9.59 Å². The average Bonchev–Trinajstić information content (AvgIpc) is 3.05. The lowest BCUT2D eigenvalue weighted by atomic mass is 10.1. The zero-order valence-corrected chi connectivity index (χ0v) is 14.1. The molecule has 0 unspecified atom stereocenters. The SMILES string of the molecule is COc1cc(C(=O)O)ccc1CCNC(=O)c1cnc2n1CCCC2. The lowest BCUT2D eigenvalue weighted by Gasteiger charge is -2.16. The molecular formula is C18H21N3O4. The van der Waals surface area contributed by atoms with Crippen molar-refractivity contribution in [3.63, 3.8) is 0 Å². The van der Waals surface area contributed by atoms with Gasteiger partial charge >= 0.3 is 5.97 Å². The van der Waals surface area contributed by atoms with Gasteiger partial charge in [-0.05, 0) is 37.0 Å². The second kappa shape index (κ2) is 7.38. The smallest absolute Gasteiger partial charge is 0.335 e. The molecular weight excluding hydrogens is 322 g/mol. The van der Waals surface area contributed by atoms with Gasteiger partial charge in [0.1, 0.15) is 17.3 Å². The first-order valence-corrected chi connectivity index (χ1v) is 8.33. The molecule has 0 atom stereocenters. The zero-order valence-electron chi connectivity index (χ0n) is 14.1. The van der Waals surface area contributed by atoms with E-state index < -0.39 is 5.97 Å². The Balaban J connectivity index is 1.62. The number of carboxylic acids is 1. The van der Waals surface area contributed by atoms with Crippen LogP contribution in [-0.2, 0) is 19.4 Å². The Hall–Kier alpha value is -2.83. The third-order valence-corrected chi connectivity index (χ3v) is 4.42. The van der Waals surface area contributed by atoms with Crippen LogP contribution < -0.4 is 10.1 Å². The number of benzene rings is 1. The molecule has 0 fully saturated rings. The molecule has 2 aromatic rings. The Labute approximate surface area is 145 Å². The number of aryl methyl sites for hydroxylation is 1. The van der Waals surface area contributed by atoms with E-state index in [1.54, 1.807) is 12.3 Å². The van der Waals surface area contributed by atoms with Crippen LogP contribution in [0, 0.1) is 0 Å². The molecule has 25 heavy (non-hydrogen) atoms. The van der Waals surface area contributed by atoms with E-state index in [0.717, 1.165) is 37.2 Å². The maximum absolute atomic E-state index is 12.4. The molecule has 1 aliphatic rings. The molecule has 0 bridgehead atoms. The zero-order chi connectivity index (χ0) is 17.8. The number of imidazole rings is 1. The van der Waals surface area contributed by atoms with E-state index in [-0.39, 0.29) is 11.5 Å². The van der Waals surface area contributed by atoms with Gasteiger partial charge in [-0.25, -0.2) is 9.78 Å². The summed E-state index contributed by atoms with van der Waals surface area (Å²) in [6.07, 6.45) is 5.29. The van der Waals surface area contributed by atoms with Crippen molar-refractivity contribution in [3.8, 4) is 5.75 Å². The number of carbonyl (C=O) groups is 2. The Bertz CT molecular complexity index is 798. The van der Waals surface area contributed by atoms with E-state index in [0.29, 0.717) is 24.4 Å². The first kappa shape index (κ1) is 17.0. The van der Waals surface area contributed by atoms with E-state index in [1.807, 2.05) is 4.57 Å². The van der Waals surface area contributed by atoms with Crippen LogP contribution in [0.25, 0.3) is 0 Å². The largest absolute Gasteiger partial charge is 0.496 e. The van der Waals surface area contributed by atoms with Gasteiger partial charge in [0, 0.05) is 19.5 Å². The fourth-order valence-corrected chi connectivity index (χ4v) is 3.08. The van der Waals surface area contributed by atoms with Crippen LogP contribution in [0.1, 0.15) is 45.1 Å². The van der Waals surface area contributed by atoms with Crippen LogP contribution in [-0.4, -0.2) is 40.2 Å². The van der Waals surface area contributed by atoms with Gasteiger partial charge in [-0.15, -0.1) is 0 Å². The van der Waals surface area contributed by atoms with Crippen molar-refractivity contribution in [1.82, 2.24) is 14.9 Å². The van der Waals surface area contributed by atoms with Crippen molar-refractivity contribution in [2.75, 3.05) is 13.7 Å². The van der Waals surface area contributed by atoms with Gasteiger partial charge < -0.3 is 19.7 Å². The van der Waals surface area contributed by atoms with Crippen molar-refractivity contribution in [3.05, 3.63) is 47.0 Å². The lowest BCUT2D eigenvalue weighted by Crippen LogP contribution is -2.29. The summed E-state index contributed by atoms with van der Waals surface area (Å²) in [5, 5.41) is 11.9. The molecule has 1 aliphatic heterocycles. The number of hydrogen-bond donors (Lipinski definition) is 2. The van der Waals surface area contributed by atoms with Gasteiger partial charge in [0.05, 0.1) is 18.9 Å². The van der Waals surface area contributed by atoms with Gasteiger partial charge in [0.25, 0.3) is 5.91 Å². The molecule has 3 rings (SSSR count). The average molecular weight is 343 g/mol. The topological polar surface area (TPSA) is 93.4 Å². The molecule has 7 heteroatoms. The monoisotopic (exact) mass is 343 g/mol. The summed E-state index contributed by atoms with van der Waals surface area (Å²) >= 11 is 0. The minimum Gasteiger partial charge on any atom is -0.496 e. The number of nitrogens with one attached hydrogen (secondary N) is 1. The minimum absolute atomic E-state index is 0.137. The second-order valence-electron chi connectivity index (χ2n) is 6.01. The highest BCUT2D eigenvalue weighted by Gasteiger charge is 2.18. The molecule has 0 saturated carbocycles. The van der Waals surface area contributed by atoms with E-state index in [2.05, 4.69) is 10.3 Å². The molecule has 0 spiro atoms.